The van der Waals surface area contributed by atoms with Crippen LogP contribution in [0.25, 0.3) is 0 Å². The number of benzene rings is 1. The molecule has 21 heavy (non-hydrogen) atoms. The van der Waals surface area contributed by atoms with Gasteiger partial charge in [0.05, 0.1) is 6.61 Å². The van der Waals surface area contributed by atoms with E-state index in [1.54, 1.807) is 7.11 Å². The molecule has 1 aliphatic rings. The van der Waals surface area contributed by atoms with Gasteiger partial charge < -0.3 is 15.0 Å². The molecule has 1 aromatic rings. The van der Waals surface area contributed by atoms with Crippen LogP contribution in [0, 0.1) is 5.92 Å². The summed E-state index contributed by atoms with van der Waals surface area (Å²) in [4.78, 5) is 2.48. The molecule has 118 valence electrons. The Morgan fingerprint density at radius 3 is 2.57 bits per heavy atom. The molecule has 0 amide bonds. The summed E-state index contributed by atoms with van der Waals surface area (Å²) in [5.74, 6) is 0.805. The van der Waals surface area contributed by atoms with Gasteiger partial charge in [0, 0.05) is 39.0 Å². The average molecular weight is 290 g/mol. The molecule has 2 unspecified atom stereocenters. The lowest BCUT2D eigenvalue weighted by atomic mass is 9.85. The molecule has 0 aromatic heterocycles. The first-order valence-corrected chi connectivity index (χ1v) is 8.24. The third-order valence-corrected chi connectivity index (χ3v) is 4.72. The van der Waals surface area contributed by atoms with Crippen molar-refractivity contribution < 1.29 is 4.74 Å². The zero-order chi connectivity index (χ0) is 15.1. The van der Waals surface area contributed by atoms with Crippen LogP contribution in [0.1, 0.15) is 38.2 Å². The van der Waals surface area contributed by atoms with Gasteiger partial charge in [0.2, 0.25) is 0 Å². The Hall–Kier alpha value is -1.06. The fourth-order valence-electron chi connectivity index (χ4n) is 3.32. The van der Waals surface area contributed by atoms with E-state index >= 15 is 0 Å². The quantitative estimate of drug-likeness (QED) is 0.779. The van der Waals surface area contributed by atoms with Gasteiger partial charge in [-0.25, -0.2) is 0 Å². The summed E-state index contributed by atoms with van der Waals surface area (Å²) >= 11 is 0. The van der Waals surface area contributed by atoms with Crippen molar-refractivity contribution in [3.05, 3.63) is 29.8 Å². The van der Waals surface area contributed by atoms with Gasteiger partial charge in [-0.1, -0.05) is 31.9 Å². The van der Waals surface area contributed by atoms with E-state index in [-0.39, 0.29) is 0 Å². The van der Waals surface area contributed by atoms with Crippen LogP contribution in [0.4, 0.5) is 5.69 Å². The van der Waals surface area contributed by atoms with Crippen molar-refractivity contribution in [3.8, 4) is 0 Å². The number of hydrogen-bond donors (Lipinski definition) is 1. The van der Waals surface area contributed by atoms with Gasteiger partial charge >= 0.3 is 0 Å². The zero-order valence-corrected chi connectivity index (χ0v) is 13.8. The van der Waals surface area contributed by atoms with Crippen LogP contribution in [0.15, 0.2) is 24.3 Å². The molecule has 1 aliphatic carbocycles. The molecule has 1 saturated carbocycles. The van der Waals surface area contributed by atoms with Crippen LogP contribution in [-0.4, -0.2) is 33.4 Å². The Balaban J connectivity index is 1.88. The Morgan fingerprint density at radius 2 is 1.90 bits per heavy atom. The Labute approximate surface area is 129 Å². The van der Waals surface area contributed by atoms with E-state index in [9.17, 15) is 0 Å². The summed E-state index contributed by atoms with van der Waals surface area (Å²) in [6.07, 6.45) is 5.48. The van der Waals surface area contributed by atoms with Crippen molar-refractivity contribution in [2.24, 2.45) is 5.92 Å². The summed E-state index contributed by atoms with van der Waals surface area (Å²) in [5.41, 5.74) is 2.68. The third-order valence-electron chi connectivity index (χ3n) is 4.72. The monoisotopic (exact) mass is 290 g/mol. The predicted molar refractivity (Wildman–Crippen MR) is 89.8 cm³/mol. The minimum Gasteiger partial charge on any atom is -0.383 e. The largest absolute Gasteiger partial charge is 0.383 e. The van der Waals surface area contributed by atoms with Gasteiger partial charge in [0.15, 0.2) is 0 Å². The van der Waals surface area contributed by atoms with Crippen molar-refractivity contribution in [1.29, 1.82) is 0 Å². The molecule has 0 heterocycles. The van der Waals surface area contributed by atoms with E-state index in [1.165, 1.54) is 36.9 Å². The van der Waals surface area contributed by atoms with Crippen molar-refractivity contribution in [2.45, 2.75) is 45.2 Å². The number of nitrogens with zero attached hydrogens (tertiary/aromatic N) is 1. The molecule has 2 rings (SSSR count). The molecular weight excluding hydrogens is 260 g/mol. The summed E-state index contributed by atoms with van der Waals surface area (Å²) in [7, 11) is 3.98. The standard InChI is InChI=1S/C18H30N2O/c1-15-6-4-5-7-18(15)20(2)17-10-8-16(9-11-17)14-19-12-13-21-3/h8-11,15,18-19H,4-7,12-14H2,1-3H3. The normalized spacial score (nSPS) is 22.2. The highest BCUT2D eigenvalue weighted by molar-refractivity contribution is 5.48. The molecule has 0 bridgehead atoms. The molecule has 0 radical (unpaired) electrons. The first-order valence-electron chi connectivity index (χ1n) is 8.24. The van der Waals surface area contributed by atoms with Crippen molar-refractivity contribution in [1.82, 2.24) is 5.32 Å². The van der Waals surface area contributed by atoms with Crippen LogP contribution in [-0.2, 0) is 11.3 Å². The fourth-order valence-corrected chi connectivity index (χ4v) is 3.32. The Morgan fingerprint density at radius 1 is 1.19 bits per heavy atom. The first kappa shape index (κ1) is 16.3. The summed E-state index contributed by atoms with van der Waals surface area (Å²) in [6, 6.07) is 9.69. The maximum absolute atomic E-state index is 5.04. The number of rotatable bonds is 7. The minimum atomic E-state index is 0.699. The van der Waals surface area contributed by atoms with E-state index in [4.69, 9.17) is 4.74 Å². The molecule has 3 heteroatoms. The average Bonchev–Trinajstić information content (AvgIpc) is 2.52. The first-order chi connectivity index (χ1) is 10.2. The second kappa shape index (κ2) is 8.40. The maximum Gasteiger partial charge on any atom is 0.0587 e. The van der Waals surface area contributed by atoms with Crippen LogP contribution in [0.2, 0.25) is 0 Å². The van der Waals surface area contributed by atoms with E-state index in [0.717, 1.165) is 25.6 Å². The molecule has 1 N–H and O–H groups in total. The van der Waals surface area contributed by atoms with Gasteiger partial charge in [-0.05, 0) is 36.5 Å². The predicted octanol–water partition coefficient (Wildman–Crippen LogP) is 3.44. The van der Waals surface area contributed by atoms with Crippen LogP contribution in [0.3, 0.4) is 0 Å². The molecular formula is C18H30N2O. The topological polar surface area (TPSA) is 24.5 Å². The summed E-state index contributed by atoms with van der Waals surface area (Å²) in [6.45, 7) is 4.97. The van der Waals surface area contributed by atoms with Gasteiger partial charge in [-0.3, -0.25) is 0 Å². The van der Waals surface area contributed by atoms with E-state index in [1.807, 2.05) is 0 Å². The highest BCUT2D eigenvalue weighted by atomic mass is 16.5. The summed E-state index contributed by atoms with van der Waals surface area (Å²) < 4.78 is 5.04. The number of methoxy groups -OCH3 is 1. The highest BCUT2D eigenvalue weighted by Crippen LogP contribution is 2.30. The zero-order valence-electron chi connectivity index (χ0n) is 13.8. The smallest absolute Gasteiger partial charge is 0.0587 e. The van der Waals surface area contributed by atoms with Gasteiger partial charge in [-0.2, -0.15) is 0 Å². The second-order valence-electron chi connectivity index (χ2n) is 6.28. The third kappa shape index (κ3) is 4.72. The molecule has 1 aromatic carbocycles. The van der Waals surface area contributed by atoms with Gasteiger partial charge in [0.1, 0.15) is 0 Å². The van der Waals surface area contributed by atoms with Crippen LogP contribution < -0.4 is 10.2 Å². The van der Waals surface area contributed by atoms with E-state index in [0.29, 0.717) is 6.04 Å². The lowest BCUT2D eigenvalue weighted by Gasteiger charge is -2.37. The van der Waals surface area contributed by atoms with Crippen molar-refractivity contribution in [3.63, 3.8) is 0 Å². The maximum atomic E-state index is 5.04. The van der Waals surface area contributed by atoms with E-state index < -0.39 is 0 Å². The van der Waals surface area contributed by atoms with Crippen LogP contribution >= 0.6 is 0 Å². The molecule has 2 atom stereocenters. The Kier molecular flexibility index (Phi) is 6.52. The number of hydrogen-bond acceptors (Lipinski definition) is 3. The molecule has 0 aliphatic heterocycles. The SMILES string of the molecule is COCCNCc1ccc(N(C)C2CCCCC2C)cc1. The van der Waals surface area contributed by atoms with E-state index in [2.05, 4.69) is 48.5 Å². The number of ether oxygens (including phenoxy) is 1. The van der Waals surface area contributed by atoms with Crippen LogP contribution in [0.5, 0.6) is 0 Å². The lowest BCUT2D eigenvalue weighted by molar-refractivity contribution is 0.199. The van der Waals surface area contributed by atoms with Crippen molar-refractivity contribution >= 4 is 5.69 Å². The van der Waals surface area contributed by atoms with Gasteiger partial charge in [0.25, 0.3) is 0 Å². The lowest BCUT2D eigenvalue weighted by Crippen LogP contribution is -2.38. The number of anilines is 1. The molecule has 0 spiro atoms. The fraction of sp³-hybridized carbons (Fsp3) is 0.667. The van der Waals surface area contributed by atoms with Gasteiger partial charge in [-0.15, -0.1) is 0 Å². The number of nitrogens with one attached hydrogen (secondary N) is 1. The Bertz CT molecular complexity index is 404. The second-order valence-corrected chi connectivity index (χ2v) is 6.28. The minimum absolute atomic E-state index is 0.699. The highest BCUT2D eigenvalue weighted by Gasteiger charge is 2.24. The summed E-state index contributed by atoms with van der Waals surface area (Å²) in [5, 5.41) is 3.38. The van der Waals surface area contributed by atoms with Crippen molar-refractivity contribution in [2.75, 3.05) is 32.2 Å². The molecule has 0 saturated heterocycles. The molecule has 3 nitrogen and oxygen atoms in total. The molecule has 1 fully saturated rings.